The van der Waals surface area contributed by atoms with E-state index in [1.165, 1.54) is 48.6 Å². The van der Waals surface area contributed by atoms with Gasteiger partial charge in [-0.05, 0) is 72.8 Å². The normalized spacial score (nSPS) is 13.1. The van der Waals surface area contributed by atoms with Crippen LogP contribution in [0.5, 0.6) is 0 Å². The minimum absolute atomic E-state index is 0.113. The number of aromatic nitrogens is 4. The standard InChI is InChI=1S/C44H26F4N4O12S4/c45-41-21(5-1-9-33(41)65(53,54)55)37-25-13-15-27(49-25)38(22-6-2-10-34(42(22)46)66(56,57)58)29-17-19-31(51-29)40(24-8-4-12-36(44(24)48)68(62,63)64)32-20-18-30(52-32)39(28-16-14-26(37)50-28)23-7-3-11-35(43(23)47)67(59,60)61/h1-20,49,52H,(H,53,54,55)(H,56,57,58)(H,59,60,61)(H,62,63,64). The molecule has 0 saturated heterocycles. The topological polar surface area (TPSA) is 275 Å². The summed E-state index contributed by atoms with van der Waals surface area (Å²) < 4.78 is 205. The van der Waals surface area contributed by atoms with E-state index in [-0.39, 0.29) is 67.1 Å². The van der Waals surface area contributed by atoms with Gasteiger partial charge in [0.15, 0.2) is 23.3 Å². The zero-order chi connectivity index (χ0) is 48.8. The maximum atomic E-state index is 16.5. The van der Waals surface area contributed by atoms with Crippen LogP contribution in [-0.4, -0.2) is 71.8 Å². The second kappa shape index (κ2) is 16.3. The van der Waals surface area contributed by atoms with Crippen LogP contribution in [0.4, 0.5) is 17.6 Å². The number of H-pyrrole nitrogens is 2. The number of hydrogen-bond acceptors (Lipinski definition) is 10. The average molecular weight is 1010 g/mol. The highest BCUT2D eigenvalue weighted by atomic mass is 32.2. The molecule has 0 saturated carbocycles. The molecule has 0 spiro atoms. The van der Waals surface area contributed by atoms with E-state index in [0.717, 1.165) is 72.8 Å². The summed E-state index contributed by atoms with van der Waals surface area (Å²) in [5.74, 6) is -5.90. The molecular weight excluding hydrogens is 981 g/mol. The fraction of sp³-hybridized carbons (Fsp3) is 0. The van der Waals surface area contributed by atoms with Crippen molar-refractivity contribution in [3.63, 3.8) is 0 Å². The number of fused-ring (bicyclic) bond motifs is 8. The van der Waals surface area contributed by atoms with E-state index in [1.807, 2.05) is 0 Å². The molecule has 8 bridgehead atoms. The van der Waals surface area contributed by atoms with Crippen LogP contribution in [0.1, 0.15) is 22.8 Å². The highest BCUT2D eigenvalue weighted by Gasteiger charge is 2.29. The summed E-state index contributed by atoms with van der Waals surface area (Å²) in [7, 11) is -20.8. The van der Waals surface area contributed by atoms with E-state index in [0.29, 0.717) is 0 Å². The zero-order valence-electron chi connectivity index (χ0n) is 33.6. The van der Waals surface area contributed by atoms with Crippen molar-refractivity contribution in [1.82, 2.24) is 19.9 Å². The number of halogens is 4. The van der Waals surface area contributed by atoms with E-state index in [1.54, 1.807) is 0 Å². The fourth-order valence-corrected chi connectivity index (χ4v) is 10.3. The smallest absolute Gasteiger partial charge is 0.297 e. The number of benzene rings is 4. The minimum atomic E-state index is -5.21. The molecule has 0 aliphatic carbocycles. The van der Waals surface area contributed by atoms with Gasteiger partial charge in [-0.15, -0.1) is 0 Å². The van der Waals surface area contributed by atoms with Crippen molar-refractivity contribution in [3.05, 3.63) is 143 Å². The van der Waals surface area contributed by atoms with Gasteiger partial charge in [0.2, 0.25) is 0 Å². The first kappa shape index (κ1) is 46.0. The molecule has 3 aromatic heterocycles. The first-order valence-electron chi connectivity index (χ1n) is 19.1. The minimum Gasteiger partial charge on any atom is -0.354 e. The Bertz CT molecular complexity index is 3580. The molecule has 2 aliphatic heterocycles. The molecule has 346 valence electrons. The number of rotatable bonds is 8. The number of nitrogens with zero attached hydrogens (tertiary/aromatic N) is 2. The van der Waals surface area contributed by atoms with Crippen molar-refractivity contribution in [3.8, 4) is 44.5 Å². The quantitative estimate of drug-likeness (QED) is 0.0613. The third-order valence-corrected chi connectivity index (χ3v) is 14.3. The van der Waals surface area contributed by atoms with Gasteiger partial charge < -0.3 is 9.97 Å². The summed E-state index contributed by atoms with van der Waals surface area (Å²) in [5, 5.41) is 0. The molecule has 6 N–H and O–H groups in total. The van der Waals surface area contributed by atoms with Crippen LogP contribution in [0.15, 0.2) is 117 Å². The molecular formula is C44H26F4N4O12S4. The van der Waals surface area contributed by atoms with Gasteiger partial charge in [-0.1, -0.05) is 48.5 Å². The predicted octanol–water partition coefficient (Wildman–Crippen LogP) is 8.87. The summed E-state index contributed by atoms with van der Waals surface area (Å²) in [6.45, 7) is 0. The van der Waals surface area contributed by atoms with Gasteiger partial charge in [0.1, 0.15) is 19.6 Å². The molecule has 4 aromatic carbocycles. The maximum Gasteiger partial charge on any atom is 0.297 e. The zero-order valence-corrected chi connectivity index (χ0v) is 36.9. The summed E-state index contributed by atoms with van der Waals surface area (Å²) in [5.41, 5.74) is -4.27. The van der Waals surface area contributed by atoms with Gasteiger partial charge in [-0.2, -0.15) is 33.7 Å². The van der Waals surface area contributed by atoms with E-state index in [9.17, 15) is 51.9 Å². The van der Waals surface area contributed by atoms with Gasteiger partial charge in [0, 0.05) is 66.6 Å². The molecule has 16 nitrogen and oxygen atoms in total. The molecule has 5 heterocycles. The predicted molar refractivity (Wildman–Crippen MR) is 240 cm³/mol. The lowest BCUT2D eigenvalue weighted by Crippen LogP contribution is -2.04. The second-order valence-electron chi connectivity index (χ2n) is 14.9. The Labute approximate surface area is 381 Å². The van der Waals surface area contributed by atoms with Crippen LogP contribution >= 0.6 is 0 Å². The highest BCUT2D eigenvalue weighted by molar-refractivity contribution is 7.86. The third-order valence-electron chi connectivity index (χ3n) is 10.8. The van der Waals surface area contributed by atoms with Crippen LogP contribution in [0.3, 0.4) is 0 Å². The lowest BCUT2D eigenvalue weighted by atomic mass is 10.0. The van der Waals surface area contributed by atoms with E-state index in [4.69, 9.17) is 0 Å². The Morgan fingerprint density at radius 1 is 0.338 bits per heavy atom. The Morgan fingerprint density at radius 3 is 0.735 bits per heavy atom. The van der Waals surface area contributed by atoms with Gasteiger partial charge in [-0.25, -0.2) is 27.5 Å². The van der Waals surface area contributed by atoms with Crippen LogP contribution in [0.2, 0.25) is 0 Å². The second-order valence-corrected chi connectivity index (χ2v) is 20.4. The largest absolute Gasteiger partial charge is 0.354 e. The van der Waals surface area contributed by atoms with Gasteiger partial charge in [0.25, 0.3) is 40.5 Å². The van der Waals surface area contributed by atoms with E-state index >= 15 is 17.6 Å². The molecule has 7 aromatic rings. The van der Waals surface area contributed by atoms with Crippen molar-refractivity contribution in [2.75, 3.05) is 0 Å². The van der Waals surface area contributed by atoms with Crippen molar-refractivity contribution in [1.29, 1.82) is 0 Å². The molecule has 2 aliphatic rings. The Hall–Kier alpha value is -7.16. The Morgan fingerprint density at radius 2 is 0.544 bits per heavy atom. The van der Waals surface area contributed by atoms with Crippen molar-refractivity contribution < 1.29 is 69.4 Å². The first-order valence-corrected chi connectivity index (χ1v) is 24.9. The molecule has 68 heavy (non-hydrogen) atoms. The van der Waals surface area contributed by atoms with E-state index in [2.05, 4.69) is 19.9 Å². The summed E-state index contributed by atoms with van der Waals surface area (Å²) in [6.07, 6.45) is 5.09. The van der Waals surface area contributed by atoms with Crippen LogP contribution < -0.4 is 0 Å². The number of nitrogens with one attached hydrogen (secondary N) is 2. The van der Waals surface area contributed by atoms with Crippen molar-refractivity contribution >= 4 is 86.8 Å². The molecule has 0 atom stereocenters. The SMILES string of the molecule is O=S(=O)(O)c1cccc(-c2c3nc(c(-c4cccc(S(=O)(=O)O)c4F)c4ccc([nH]4)c(-c4cccc(S(=O)(=O)O)c4F)c4nc(c(-c5cccc(S(=O)(=O)O)c5F)c5ccc2[nH]5)C=C4)C=C3)c1F. The molecule has 0 fully saturated rings. The van der Waals surface area contributed by atoms with E-state index < -0.39 is 106 Å². The highest BCUT2D eigenvalue weighted by Crippen LogP contribution is 2.42. The third kappa shape index (κ3) is 8.00. The summed E-state index contributed by atoms with van der Waals surface area (Å²) >= 11 is 0. The fourth-order valence-electron chi connectivity index (χ4n) is 7.95. The molecule has 0 unspecified atom stereocenters. The van der Waals surface area contributed by atoms with Crippen LogP contribution in [0.25, 0.3) is 90.9 Å². The Balaban J connectivity index is 1.54. The van der Waals surface area contributed by atoms with Gasteiger partial charge in [0.05, 0.1) is 22.8 Å². The summed E-state index contributed by atoms with van der Waals surface area (Å²) in [6, 6.07) is 17.2. The lowest BCUT2D eigenvalue weighted by molar-refractivity contribution is 0.471. The molecule has 24 heteroatoms. The number of hydrogen-bond donors (Lipinski definition) is 6. The average Bonchev–Trinajstić information content (AvgIpc) is 4.09. The van der Waals surface area contributed by atoms with Crippen LogP contribution in [0, 0.1) is 23.3 Å². The molecule has 9 rings (SSSR count). The monoisotopic (exact) mass is 1010 g/mol. The summed E-state index contributed by atoms with van der Waals surface area (Å²) in [4.78, 5) is 10.6. The van der Waals surface area contributed by atoms with Gasteiger partial charge >= 0.3 is 0 Å². The molecule has 0 amide bonds. The van der Waals surface area contributed by atoms with Gasteiger partial charge in [-0.3, -0.25) is 18.2 Å². The Kier molecular flexibility index (Phi) is 11.0. The number of aromatic amines is 2. The maximum absolute atomic E-state index is 16.5. The van der Waals surface area contributed by atoms with Crippen molar-refractivity contribution in [2.24, 2.45) is 0 Å². The van der Waals surface area contributed by atoms with Crippen molar-refractivity contribution in [2.45, 2.75) is 19.6 Å². The molecule has 0 radical (unpaired) electrons. The first-order chi connectivity index (χ1) is 31.9. The lowest BCUT2D eigenvalue weighted by Gasteiger charge is -2.10. The van der Waals surface area contributed by atoms with Crippen LogP contribution in [-0.2, 0) is 40.5 Å².